The fraction of sp³-hybridized carbons (Fsp3) is 0.889. The standard InChI is InChI=1S/C18H33NO2/c1-17(2,3)14-10-12-19(13-11-14)16(21)9-7-8-15(20)18(4,5)6/h14H,7-13H2,1-6H3. The number of amides is 1. The van der Waals surface area contributed by atoms with Crippen LogP contribution in [-0.2, 0) is 9.59 Å². The second-order valence-corrected chi connectivity index (χ2v) is 8.55. The Labute approximate surface area is 130 Å². The first kappa shape index (κ1) is 18.2. The van der Waals surface area contributed by atoms with Crippen molar-refractivity contribution >= 4 is 11.7 Å². The van der Waals surface area contributed by atoms with Gasteiger partial charge in [-0.2, -0.15) is 0 Å². The van der Waals surface area contributed by atoms with E-state index in [1.807, 2.05) is 25.7 Å². The van der Waals surface area contributed by atoms with Crippen LogP contribution in [0.4, 0.5) is 0 Å². The van der Waals surface area contributed by atoms with Gasteiger partial charge < -0.3 is 4.90 Å². The maximum Gasteiger partial charge on any atom is 0.222 e. The highest BCUT2D eigenvalue weighted by atomic mass is 16.2. The monoisotopic (exact) mass is 295 g/mol. The Kier molecular flexibility index (Phi) is 6.01. The zero-order valence-electron chi connectivity index (χ0n) is 14.8. The molecule has 1 aliphatic heterocycles. The summed E-state index contributed by atoms with van der Waals surface area (Å²) in [6.45, 7) is 14.4. The van der Waals surface area contributed by atoms with Gasteiger partial charge >= 0.3 is 0 Å². The van der Waals surface area contributed by atoms with Gasteiger partial charge in [0.2, 0.25) is 5.91 Å². The lowest BCUT2D eigenvalue weighted by Gasteiger charge is -2.38. The third-order valence-electron chi connectivity index (χ3n) is 4.70. The molecule has 0 spiro atoms. The lowest BCUT2D eigenvalue weighted by molar-refractivity contribution is -0.133. The first-order valence-corrected chi connectivity index (χ1v) is 8.33. The Morgan fingerprint density at radius 3 is 1.90 bits per heavy atom. The number of carbonyl (C=O) groups is 2. The van der Waals surface area contributed by atoms with Gasteiger partial charge in [-0.1, -0.05) is 41.5 Å². The summed E-state index contributed by atoms with van der Waals surface area (Å²) in [4.78, 5) is 26.0. The van der Waals surface area contributed by atoms with Gasteiger partial charge in [-0.3, -0.25) is 9.59 Å². The number of likely N-dealkylation sites (tertiary alicyclic amines) is 1. The number of hydrogen-bond donors (Lipinski definition) is 0. The molecule has 1 saturated heterocycles. The molecule has 3 nitrogen and oxygen atoms in total. The van der Waals surface area contributed by atoms with Crippen molar-refractivity contribution in [2.45, 2.75) is 73.6 Å². The van der Waals surface area contributed by atoms with Gasteiger partial charge in [-0.25, -0.2) is 0 Å². The van der Waals surface area contributed by atoms with Crippen LogP contribution >= 0.6 is 0 Å². The molecule has 1 amide bonds. The molecule has 0 aliphatic carbocycles. The molecule has 1 fully saturated rings. The molecule has 122 valence electrons. The van der Waals surface area contributed by atoms with Crippen LogP contribution in [0.2, 0.25) is 0 Å². The molecule has 1 aliphatic rings. The topological polar surface area (TPSA) is 37.4 Å². The first-order chi connectivity index (χ1) is 9.51. The quantitative estimate of drug-likeness (QED) is 0.784. The summed E-state index contributed by atoms with van der Waals surface area (Å²) in [5.41, 5.74) is 0.0579. The van der Waals surface area contributed by atoms with E-state index in [9.17, 15) is 9.59 Å². The van der Waals surface area contributed by atoms with Crippen LogP contribution in [0.5, 0.6) is 0 Å². The normalized spacial score (nSPS) is 17.9. The molecule has 3 heteroatoms. The number of nitrogens with zero attached hydrogens (tertiary/aromatic N) is 1. The molecule has 0 saturated carbocycles. The fourth-order valence-corrected chi connectivity index (χ4v) is 2.93. The van der Waals surface area contributed by atoms with Crippen molar-refractivity contribution in [2.75, 3.05) is 13.1 Å². The minimum absolute atomic E-state index is 0.226. The molecule has 21 heavy (non-hydrogen) atoms. The third kappa shape index (κ3) is 5.80. The number of Topliss-reactive ketones (excluding diaryl/α,β-unsaturated/α-hetero) is 1. The molecule has 0 bridgehead atoms. The van der Waals surface area contributed by atoms with E-state index in [4.69, 9.17) is 0 Å². The van der Waals surface area contributed by atoms with E-state index in [0.29, 0.717) is 30.6 Å². The summed E-state index contributed by atoms with van der Waals surface area (Å²) in [6, 6.07) is 0. The highest BCUT2D eigenvalue weighted by Gasteiger charge is 2.30. The van der Waals surface area contributed by atoms with Gasteiger partial charge in [0.1, 0.15) is 5.78 Å². The van der Waals surface area contributed by atoms with Crippen molar-refractivity contribution in [1.82, 2.24) is 4.90 Å². The second-order valence-electron chi connectivity index (χ2n) is 8.55. The van der Waals surface area contributed by atoms with Gasteiger partial charge in [0.05, 0.1) is 0 Å². The van der Waals surface area contributed by atoms with Crippen LogP contribution in [0.15, 0.2) is 0 Å². The highest BCUT2D eigenvalue weighted by Crippen LogP contribution is 2.34. The van der Waals surface area contributed by atoms with Crippen molar-refractivity contribution in [3.63, 3.8) is 0 Å². The second kappa shape index (κ2) is 6.93. The Hall–Kier alpha value is -0.860. The Morgan fingerprint density at radius 2 is 1.48 bits per heavy atom. The molecule has 0 radical (unpaired) electrons. The van der Waals surface area contributed by atoms with Crippen LogP contribution < -0.4 is 0 Å². The molecule has 0 aromatic carbocycles. The molecule has 0 unspecified atom stereocenters. The van der Waals surface area contributed by atoms with E-state index in [2.05, 4.69) is 20.8 Å². The Morgan fingerprint density at radius 1 is 0.952 bits per heavy atom. The van der Waals surface area contributed by atoms with Crippen molar-refractivity contribution in [1.29, 1.82) is 0 Å². The minimum Gasteiger partial charge on any atom is -0.343 e. The average molecular weight is 295 g/mol. The van der Waals surface area contributed by atoms with E-state index in [1.54, 1.807) is 0 Å². The van der Waals surface area contributed by atoms with Crippen LogP contribution in [0.3, 0.4) is 0 Å². The minimum atomic E-state index is -0.284. The van der Waals surface area contributed by atoms with Crippen molar-refractivity contribution < 1.29 is 9.59 Å². The van der Waals surface area contributed by atoms with E-state index >= 15 is 0 Å². The zero-order valence-corrected chi connectivity index (χ0v) is 14.8. The molecule has 0 aromatic rings. The zero-order chi connectivity index (χ0) is 16.3. The molecule has 1 rings (SSSR count). The average Bonchev–Trinajstić information content (AvgIpc) is 2.36. The fourth-order valence-electron chi connectivity index (χ4n) is 2.93. The van der Waals surface area contributed by atoms with E-state index < -0.39 is 0 Å². The molecule has 0 N–H and O–H groups in total. The predicted octanol–water partition coefficient (Wildman–Crippen LogP) is 4.06. The maximum absolute atomic E-state index is 12.2. The predicted molar refractivity (Wildman–Crippen MR) is 87.1 cm³/mol. The van der Waals surface area contributed by atoms with Crippen molar-refractivity contribution in [3.8, 4) is 0 Å². The van der Waals surface area contributed by atoms with E-state index in [0.717, 1.165) is 25.9 Å². The molecule has 0 aromatic heterocycles. The van der Waals surface area contributed by atoms with E-state index in [1.165, 1.54) is 0 Å². The molecule has 0 atom stereocenters. The number of hydrogen-bond acceptors (Lipinski definition) is 2. The Balaban J connectivity index is 2.31. The van der Waals surface area contributed by atoms with Crippen LogP contribution in [0, 0.1) is 16.7 Å². The van der Waals surface area contributed by atoms with Crippen LogP contribution in [0.1, 0.15) is 73.6 Å². The highest BCUT2D eigenvalue weighted by molar-refractivity contribution is 5.84. The van der Waals surface area contributed by atoms with Crippen LogP contribution in [-0.4, -0.2) is 29.7 Å². The van der Waals surface area contributed by atoms with Crippen molar-refractivity contribution in [2.24, 2.45) is 16.7 Å². The third-order valence-corrected chi connectivity index (χ3v) is 4.70. The lowest BCUT2D eigenvalue weighted by atomic mass is 9.75. The summed E-state index contributed by atoms with van der Waals surface area (Å²) < 4.78 is 0. The molecule has 1 heterocycles. The summed E-state index contributed by atoms with van der Waals surface area (Å²) in [6.07, 6.45) is 3.94. The van der Waals surface area contributed by atoms with Gasteiger partial charge in [0.25, 0.3) is 0 Å². The molecular weight excluding hydrogens is 262 g/mol. The molecular formula is C18H33NO2. The first-order valence-electron chi connectivity index (χ1n) is 8.33. The smallest absolute Gasteiger partial charge is 0.222 e. The lowest BCUT2D eigenvalue weighted by Crippen LogP contribution is -2.41. The summed E-state index contributed by atoms with van der Waals surface area (Å²) in [5.74, 6) is 1.19. The van der Waals surface area contributed by atoms with Crippen LogP contribution in [0.25, 0.3) is 0 Å². The number of rotatable bonds is 4. The number of ketones is 1. The van der Waals surface area contributed by atoms with Gasteiger partial charge in [0, 0.05) is 31.3 Å². The Bertz CT molecular complexity index is 366. The van der Waals surface area contributed by atoms with Crippen molar-refractivity contribution in [3.05, 3.63) is 0 Å². The van der Waals surface area contributed by atoms with E-state index in [-0.39, 0.29) is 17.1 Å². The summed E-state index contributed by atoms with van der Waals surface area (Å²) in [5, 5.41) is 0. The summed E-state index contributed by atoms with van der Waals surface area (Å²) in [7, 11) is 0. The SMILES string of the molecule is CC(C)(C)C(=O)CCCC(=O)N1CCC(C(C)(C)C)CC1. The summed E-state index contributed by atoms with van der Waals surface area (Å²) >= 11 is 0. The van der Waals surface area contributed by atoms with Gasteiger partial charge in [-0.05, 0) is 30.6 Å². The van der Waals surface area contributed by atoms with Gasteiger partial charge in [-0.15, -0.1) is 0 Å². The number of carbonyl (C=O) groups excluding carboxylic acids is 2. The van der Waals surface area contributed by atoms with Gasteiger partial charge in [0.15, 0.2) is 0 Å². The number of piperidine rings is 1. The maximum atomic E-state index is 12.2. The largest absolute Gasteiger partial charge is 0.343 e.